The van der Waals surface area contributed by atoms with Crippen LogP contribution in [-0.4, -0.2) is 38.0 Å². The van der Waals surface area contributed by atoms with Crippen LogP contribution in [0.15, 0.2) is 41.3 Å². The number of aromatic nitrogens is 3. The Labute approximate surface area is 151 Å². The predicted molar refractivity (Wildman–Crippen MR) is 100 cm³/mol. The molecule has 0 radical (unpaired) electrons. The summed E-state index contributed by atoms with van der Waals surface area (Å²) in [5.41, 5.74) is 4.42. The van der Waals surface area contributed by atoms with E-state index in [1.54, 1.807) is 22.4 Å². The quantitative estimate of drug-likeness (QED) is 0.713. The Balaban J connectivity index is 1.63. The molecule has 3 heterocycles. The van der Waals surface area contributed by atoms with Crippen molar-refractivity contribution in [2.75, 3.05) is 13.1 Å². The SMILES string of the molecule is Cc1ccc(C(=O)N2CCC(n3c(=O)n(C)c4cccnc43)C2)cc1C. The van der Waals surface area contributed by atoms with Crippen LogP contribution >= 0.6 is 0 Å². The number of hydrogen-bond donors (Lipinski definition) is 0. The number of likely N-dealkylation sites (tertiary alicyclic amines) is 1. The summed E-state index contributed by atoms with van der Waals surface area (Å²) in [6.45, 7) is 5.23. The van der Waals surface area contributed by atoms with E-state index in [0.29, 0.717) is 24.3 Å². The first kappa shape index (κ1) is 16.6. The van der Waals surface area contributed by atoms with Gasteiger partial charge in [0, 0.05) is 31.9 Å². The maximum Gasteiger partial charge on any atom is 0.330 e. The number of carbonyl (C=O) groups is 1. The zero-order valence-corrected chi connectivity index (χ0v) is 15.3. The molecule has 1 atom stereocenters. The van der Waals surface area contributed by atoms with Gasteiger partial charge in [-0.1, -0.05) is 6.07 Å². The van der Waals surface area contributed by atoms with E-state index < -0.39 is 0 Å². The Morgan fingerprint density at radius 3 is 2.77 bits per heavy atom. The van der Waals surface area contributed by atoms with Gasteiger partial charge in [-0.15, -0.1) is 0 Å². The summed E-state index contributed by atoms with van der Waals surface area (Å²) >= 11 is 0. The second-order valence-electron chi connectivity index (χ2n) is 7.05. The fraction of sp³-hybridized carbons (Fsp3) is 0.350. The molecule has 0 saturated carbocycles. The average Bonchev–Trinajstić information content (AvgIpc) is 3.21. The summed E-state index contributed by atoms with van der Waals surface area (Å²) in [6, 6.07) is 9.48. The Bertz CT molecular complexity index is 1060. The highest BCUT2D eigenvalue weighted by molar-refractivity contribution is 5.94. The molecule has 1 unspecified atom stereocenters. The molecule has 4 rings (SSSR count). The second kappa shape index (κ2) is 6.12. The lowest BCUT2D eigenvalue weighted by atomic mass is 10.1. The normalized spacial score (nSPS) is 17.2. The summed E-state index contributed by atoms with van der Waals surface area (Å²) in [5, 5.41) is 0. The zero-order valence-electron chi connectivity index (χ0n) is 15.3. The highest BCUT2D eigenvalue weighted by Gasteiger charge is 2.31. The van der Waals surface area contributed by atoms with Crippen molar-refractivity contribution in [2.24, 2.45) is 7.05 Å². The van der Waals surface area contributed by atoms with Gasteiger partial charge in [-0.2, -0.15) is 0 Å². The number of amides is 1. The molecular weight excluding hydrogens is 328 g/mol. The van der Waals surface area contributed by atoms with Crippen LogP contribution in [0, 0.1) is 13.8 Å². The highest BCUT2D eigenvalue weighted by atomic mass is 16.2. The monoisotopic (exact) mass is 350 g/mol. The van der Waals surface area contributed by atoms with E-state index in [1.807, 2.05) is 49.1 Å². The van der Waals surface area contributed by atoms with Gasteiger partial charge in [-0.25, -0.2) is 9.78 Å². The highest BCUT2D eigenvalue weighted by Crippen LogP contribution is 2.25. The zero-order chi connectivity index (χ0) is 18.4. The molecule has 1 aliphatic rings. The lowest BCUT2D eigenvalue weighted by Crippen LogP contribution is -2.31. The maximum atomic E-state index is 12.9. The fourth-order valence-corrected chi connectivity index (χ4v) is 3.71. The van der Waals surface area contributed by atoms with Crippen LogP contribution in [-0.2, 0) is 7.05 Å². The van der Waals surface area contributed by atoms with Crippen molar-refractivity contribution < 1.29 is 4.79 Å². The fourth-order valence-electron chi connectivity index (χ4n) is 3.71. The van der Waals surface area contributed by atoms with Gasteiger partial charge in [0.2, 0.25) is 0 Å². The van der Waals surface area contributed by atoms with Crippen molar-refractivity contribution in [3.8, 4) is 0 Å². The summed E-state index contributed by atoms with van der Waals surface area (Å²) in [6.07, 6.45) is 2.46. The number of hydrogen-bond acceptors (Lipinski definition) is 3. The second-order valence-corrected chi connectivity index (χ2v) is 7.05. The van der Waals surface area contributed by atoms with E-state index in [4.69, 9.17) is 0 Å². The van der Waals surface area contributed by atoms with E-state index >= 15 is 0 Å². The molecule has 0 aliphatic carbocycles. The number of imidazole rings is 1. The van der Waals surface area contributed by atoms with Gasteiger partial charge < -0.3 is 4.90 Å². The van der Waals surface area contributed by atoms with E-state index in [1.165, 1.54) is 5.56 Å². The lowest BCUT2D eigenvalue weighted by Gasteiger charge is -2.17. The van der Waals surface area contributed by atoms with Crippen molar-refractivity contribution in [2.45, 2.75) is 26.3 Å². The van der Waals surface area contributed by atoms with E-state index in [2.05, 4.69) is 4.98 Å². The van der Waals surface area contributed by atoms with Crippen LogP contribution < -0.4 is 5.69 Å². The molecule has 0 N–H and O–H groups in total. The Hall–Kier alpha value is -2.89. The van der Waals surface area contributed by atoms with E-state index in [-0.39, 0.29) is 17.6 Å². The van der Waals surface area contributed by atoms with Crippen LogP contribution in [0.1, 0.15) is 33.9 Å². The molecule has 1 aliphatic heterocycles. The Morgan fingerprint density at radius 2 is 2.00 bits per heavy atom. The van der Waals surface area contributed by atoms with Crippen LogP contribution in [0.4, 0.5) is 0 Å². The minimum atomic E-state index is -0.0795. The number of carbonyl (C=O) groups excluding carboxylic acids is 1. The molecule has 6 nitrogen and oxygen atoms in total. The number of aryl methyl sites for hydroxylation is 3. The van der Waals surface area contributed by atoms with Crippen LogP contribution in [0.25, 0.3) is 11.2 Å². The average molecular weight is 350 g/mol. The molecule has 0 spiro atoms. The van der Waals surface area contributed by atoms with Crippen LogP contribution in [0.5, 0.6) is 0 Å². The van der Waals surface area contributed by atoms with Crippen molar-refractivity contribution in [3.05, 3.63) is 63.7 Å². The minimum absolute atomic E-state index is 0.0249. The first-order chi connectivity index (χ1) is 12.5. The van der Waals surface area contributed by atoms with Crippen molar-refractivity contribution >= 4 is 17.1 Å². The molecule has 1 fully saturated rings. The van der Waals surface area contributed by atoms with Crippen molar-refractivity contribution in [1.82, 2.24) is 19.0 Å². The van der Waals surface area contributed by atoms with E-state index in [9.17, 15) is 9.59 Å². The third-order valence-electron chi connectivity index (χ3n) is 5.42. The molecule has 1 saturated heterocycles. The van der Waals surface area contributed by atoms with Crippen molar-refractivity contribution in [1.29, 1.82) is 0 Å². The standard InChI is InChI=1S/C20H22N4O2/c1-13-6-7-15(11-14(13)2)19(25)23-10-8-16(12-23)24-18-17(5-4-9-21-18)22(3)20(24)26/h4-7,9,11,16H,8,10,12H2,1-3H3. The molecule has 0 bridgehead atoms. The van der Waals surface area contributed by atoms with Gasteiger partial charge in [-0.3, -0.25) is 13.9 Å². The van der Waals surface area contributed by atoms with Crippen LogP contribution in [0.3, 0.4) is 0 Å². The molecule has 1 amide bonds. The number of fused-ring (bicyclic) bond motifs is 1. The first-order valence-electron chi connectivity index (χ1n) is 8.86. The molecule has 2 aromatic heterocycles. The smallest absolute Gasteiger partial charge is 0.330 e. The Kier molecular flexibility index (Phi) is 3.90. The largest absolute Gasteiger partial charge is 0.336 e. The third kappa shape index (κ3) is 2.53. The van der Waals surface area contributed by atoms with Gasteiger partial charge in [0.05, 0.1) is 11.6 Å². The summed E-state index contributed by atoms with van der Waals surface area (Å²) in [4.78, 5) is 31.8. The number of pyridine rings is 1. The number of nitrogens with zero attached hydrogens (tertiary/aromatic N) is 4. The molecular formula is C20H22N4O2. The summed E-state index contributed by atoms with van der Waals surface area (Å²) in [5.74, 6) is 0.0249. The lowest BCUT2D eigenvalue weighted by molar-refractivity contribution is 0.0787. The predicted octanol–water partition coefficient (Wildman–Crippen LogP) is 2.44. The van der Waals surface area contributed by atoms with Gasteiger partial charge >= 0.3 is 5.69 Å². The van der Waals surface area contributed by atoms with Crippen LogP contribution in [0.2, 0.25) is 0 Å². The minimum Gasteiger partial charge on any atom is -0.336 e. The van der Waals surface area contributed by atoms with Gasteiger partial charge in [0.25, 0.3) is 5.91 Å². The first-order valence-corrected chi connectivity index (χ1v) is 8.86. The molecule has 134 valence electrons. The van der Waals surface area contributed by atoms with Crippen molar-refractivity contribution in [3.63, 3.8) is 0 Å². The van der Waals surface area contributed by atoms with Gasteiger partial charge in [0.1, 0.15) is 0 Å². The summed E-state index contributed by atoms with van der Waals surface area (Å²) in [7, 11) is 1.76. The number of benzene rings is 1. The maximum absolute atomic E-state index is 12.9. The van der Waals surface area contributed by atoms with Gasteiger partial charge in [0.15, 0.2) is 5.65 Å². The topological polar surface area (TPSA) is 60.1 Å². The molecule has 1 aromatic carbocycles. The third-order valence-corrected chi connectivity index (χ3v) is 5.42. The molecule has 6 heteroatoms. The van der Waals surface area contributed by atoms with Gasteiger partial charge in [-0.05, 0) is 55.7 Å². The molecule has 3 aromatic rings. The number of rotatable bonds is 2. The van der Waals surface area contributed by atoms with E-state index in [0.717, 1.165) is 17.5 Å². The Morgan fingerprint density at radius 1 is 1.19 bits per heavy atom. The summed E-state index contributed by atoms with van der Waals surface area (Å²) < 4.78 is 3.36. The molecule has 26 heavy (non-hydrogen) atoms.